The molecule has 2 heterocycles. The zero-order chi connectivity index (χ0) is 13.4. The number of benzene rings is 1. The van der Waals surface area contributed by atoms with Gasteiger partial charge in [-0.2, -0.15) is 0 Å². The number of ether oxygens (including phenoxy) is 2. The van der Waals surface area contributed by atoms with Crippen LogP contribution in [-0.4, -0.2) is 31.3 Å². The maximum absolute atomic E-state index is 12.3. The summed E-state index contributed by atoms with van der Waals surface area (Å²) in [5.74, 6) is 0.651. The molecule has 2 aliphatic rings. The molecule has 1 aromatic carbocycles. The number of hydrogen-bond acceptors (Lipinski definition) is 4. The lowest BCUT2D eigenvalue weighted by Crippen LogP contribution is -2.47. The lowest BCUT2D eigenvalue weighted by molar-refractivity contribution is -0.126. The van der Waals surface area contributed by atoms with Gasteiger partial charge in [-0.1, -0.05) is 0 Å². The summed E-state index contributed by atoms with van der Waals surface area (Å²) >= 11 is 0. The Balaban J connectivity index is 1.90. The molecule has 1 saturated heterocycles. The molecule has 102 valence electrons. The molecule has 1 aromatic rings. The highest BCUT2D eigenvalue weighted by Crippen LogP contribution is 2.36. The van der Waals surface area contributed by atoms with Crippen molar-refractivity contribution >= 4 is 17.3 Å². The van der Waals surface area contributed by atoms with Gasteiger partial charge < -0.3 is 20.1 Å². The fourth-order valence-corrected chi connectivity index (χ4v) is 2.61. The van der Waals surface area contributed by atoms with E-state index in [0.29, 0.717) is 18.0 Å². The van der Waals surface area contributed by atoms with Crippen molar-refractivity contribution in [2.24, 2.45) is 0 Å². The van der Waals surface area contributed by atoms with Crippen molar-refractivity contribution in [2.75, 3.05) is 23.8 Å². The molecule has 5 nitrogen and oxygen atoms in total. The molecular formula is C14H18N2O3. The summed E-state index contributed by atoms with van der Waals surface area (Å²) in [6.45, 7) is 3.13. The number of rotatable bonds is 2. The Morgan fingerprint density at radius 2 is 2.32 bits per heavy atom. The Morgan fingerprint density at radius 3 is 3.05 bits per heavy atom. The monoisotopic (exact) mass is 262 g/mol. The minimum absolute atomic E-state index is 0.0206. The van der Waals surface area contributed by atoms with E-state index in [0.717, 1.165) is 25.1 Å². The quantitative estimate of drug-likeness (QED) is 0.821. The molecule has 0 aromatic heterocycles. The van der Waals surface area contributed by atoms with E-state index in [1.807, 2.05) is 6.07 Å². The average Bonchev–Trinajstić information content (AvgIpc) is 2.87. The van der Waals surface area contributed by atoms with Crippen LogP contribution in [0.15, 0.2) is 18.2 Å². The van der Waals surface area contributed by atoms with E-state index in [4.69, 9.17) is 15.2 Å². The maximum atomic E-state index is 12.3. The Bertz CT molecular complexity index is 497. The summed E-state index contributed by atoms with van der Waals surface area (Å²) < 4.78 is 11.2. The number of fused-ring (bicyclic) bond motifs is 1. The number of carbonyl (C=O) groups excluding carboxylic acids is 1. The van der Waals surface area contributed by atoms with Crippen LogP contribution in [0.4, 0.5) is 11.4 Å². The van der Waals surface area contributed by atoms with Crippen LogP contribution in [0, 0.1) is 0 Å². The van der Waals surface area contributed by atoms with Crippen LogP contribution in [0.3, 0.4) is 0 Å². The zero-order valence-electron chi connectivity index (χ0n) is 11.0. The molecule has 5 heteroatoms. The van der Waals surface area contributed by atoms with Gasteiger partial charge in [0.25, 0.3) is 5.91 Å². The number of nitrogens with two attached hydrogens (primary N) is 1. The van der Waals surface area contributed by atoms with Gasteiger partial charge in [-0.25, -0.2) is 0 Å². The summed E-state index contributed by atoms with van der Waals surface area (Å²) in [7, 11) is 0. The smallest absolute Gasteiger partial charge is 0.267 e. The van der Waals surface area contributed by atoms with Crippen molar-refractivity contribution in [1.29, 1.82) is 0 Å². The van der Waals surface area contributed by atoms with E-state index < -0.39 is 6.10 Å². The molecule has 0 spiro atoms. The van der Waals surface area contributed by atoms with Crippen molar-refractivity contribution in [1.82, 2.24) is 0 Å². The summed E-state index contributed by atoms with van der Waals surface area (Å²) in [6, 6.07) is 5.39. The van der Waals surface area contributed by atoms with Crippen molar-refractivity contribution < 1.29 is 14.3 Å². The second kappa shape index (κ2) is 4.74. The van der Waals surface area contributed by atoms with Gasteiger partial charge in [0.15, 0.2) is 6.10 Å². The third kappa shape index (κ3) is 2.26. The van der Waals surface area contributed by atoms with Crippen molar-refractivity contribution in [2.45, 2.75) is 32.0 Å². The summed E-state index contributed by atoms with van der Waals surface area (Å²) in [6.07, 6.45) is 1.71. The summed E-state index contributed by atoms with van der Waals surface area (Å²) in [5.41, 5.74) is 7.18. The standard InChI is InChI=1S/C14H18N2O3/c1-9-14(17)16(8-11-3-2-6-18-11)12-5-4-10(15)7-13(12)19-9/h4-5,7,9,11H,2-3,6,8,15H2,1H3. The van der Waals surface area contributed by atoms with Gasteiger partial charge in [-0.05, 0) is 31.9 Å². The molecule has 1 fully saturated rings. The second-order valence-corrected chi connectivity index (χ2v) is 5.07. The van der Waals surface area contributed by atoms with Crippen molar-refractivity contribution in [3.05, 3.63) is 18.2 Å². The highest BCUT2D eigenvalue weighted by molar-refractivity contribution is 6.00. The Labute approximate surface area is 112 Å². The van der Waals surface area contributed by atoms with Crippen LogP contribution in [-0.2, 0) is 9.53 Å². The van der Waals surface area contributed by atoms with E-state index in [-0.39, 0.29) is 12.0 Å². The summed E-state index contributed by atoms with van der Waals surface area (Å²) in [4.78, 5) is 14.0. The molecule has 2 aliphatic heterocycles. The molecule has 0 bridgehead atoms. The fourth-order valence-electron chi connectivity index (χ4n) is 2.61. The van der Waals surface area contributed by atoms with Gasteiger partial charge in [0, 0.05) is 18.4 Å². The molecule has 1 amide bonds. The third-order valence-corrected chi connectivity index (χ3v) is 3.60. The number of nitrogen functional groups attached to an aromatic ring is 1. The third-order valence-electron chi connectivity index (χ3n) is 3.60. The number of carbonyl (C=O) groups is 1. The topological polar surface area (TPSA) is 64.8 Å². The van der Waals surface area contributed by atoms with Crippen LogP contribution in [0.1, 0.15) is 19.8 Å². The Hall–Kier alpha value is -1.75. The van der Waals surface area contributed by atoms with Gasteiger partial charge >= 0.3 is 0 Å². The van der Waals surface area contributed by atoms with Crippen LogP contribution >= 0.6 is 0 Å². The van der Waals surface area contributed by atoms with Crippen molar-refractivity contribution in [3.8, 4) is 5.75 Å². The molecule has 0 saturated carbocycles. The van der Waals surface area contributed by atoms with E-state index >= 15 is 0 Å². The maximum Gasteiger partial charge on any atom is 0.267 e. The van der Waals surface area contributed by atoms with E-state index in [1.54, 1.807) is 24.0 Å². The lowest BCUT2D eigenvalue weighted by atomic mass is 10.1. The minimum atomic E-state index is -0.476. The zero-order valence-corrected chi connectivity index (χ0v) is 11.0. The molecule has 2 atom stereocenters. The number of hydrogen-bond donors (Lipinski definition) is 1. The number of nitrogens with zero attached hydrogens (tertiary/aromatic N) is 1. The predicted molar refractivity (Wildman–Crippen MR) is 72.3 cm³/mol. The van der Waals surface area contributed by atoms with E-state index in [1.165, 1.54) is 0 Å². The Kier molecular flexibility index (Phi) is 3.06. The molecule has 3 rings (SSSR count). The van der Waals surface area contributed by atoms with Crippen LogP contribution in [0.25, 0.3) is 0 Å². The van der Waals surface area contributed by atoms with Crippen LogP contribution < -0.4 is 15.4 Å². The molecule has 0 radical (unpaired) electrons. The molecular weight excluding hydrogens is 244 g/mol. The molecule has 2 N–H and O–H groups in total. The van der Waals surface area contributed by atoms with Crippen LogP contribution in [0.2, 0.25) is 0 Å². The lowest BCUT2D eigenvalue weighted by Gasteiger charge is -2.34. The molecule has 0 aliphatic carbocycles. The summed E-state index contributed by atoms with van der Waals surface area (Å²) in [5, 5.41) is 0. The first-order valence-electron chi connectivity index (χ1n) is 6.64. The Morgan fingerprint density at radius 1 is 1.47 bits per heavy atom. The normalized spacial score (nSPS) is 26.2. The largest absolute Gasteiger partial charge is 0.479 e. The highest BCUT2D eigenvalue weighted by atomic mass is 16.5. The van der Waals surface area contributed by atoms with Gasteiger partial charge in [0.1, 0.15) is 5.75 Å². The SMILES string of the molecule is CC1Oc2cc(N)ccc2N(CC2CCCO2)C1=O. The van der Waals surface area contributed by atoms with Crippen LogP contribution in [0.5, 0.6) is 5.75 Å². The van der Waals surface area contributed by atoms with E-state index in [2.05, 4.69) is 0 Å². The van der Waals surface area contributed by atoms with Crippen molar-refractivity contribution in [3.63, 3.8) is 0 Å². The van der Waals surface area contributed by atoms with Gasteiger partial charge in [-0.15, -0.1) is 0 Å². The first-order chi connectivity index (χ1) is 9.15. The van der Waals surface area contributed by atoms with Gasteiger partial charge in [0.2, 0.25) is 0 Å². The number of amides is 1. The minimum Gasteiger partial charge on any atom is -0.479 e. The second-order valence-electron chi connectivity index (χ2n) is 5.07. The van der Waals surface area contributed by atoms with E-state index in [9.17, 15) is 4.79 Å². The first kappa shape index (κ1) is 12.3. The molecule has 19 heavy (non-hydrogen) atoms. The number of anilines is 2. The molecule has 2 unspecified atom stereocenters. The predicted octanol–water partition coefficient (Wildman–Crippen LogP) is 1.56. The fraction of sp³-hybridized carbons (Fsp3) is 0.500. The first-order valence-corrected chi connectivity index (χ1v) is 6.64. The van der Waals surface area contributed by atoms with Gasteiger partial charge in [0.05, 0.1) is 18.3 Å². The average molecular weight is 262 g/mol. The highest BCUT2D eigenvalue weighted by Gasteiger charge is 2.33. The van der Waals surface area contributed by atoms with Gasteiger partial charge in [-0.3, -0.25) is 4.79 Å².